The number of nitrogens with one attached hydrogen (secondary N) is 1. The first-order valence-electron chi connectivity index (χ1n) is 5.83. The fourth-order valence-electron chi connectivity index (χ4n) is 1.68. The Hall–Kier alpha value is -1.81. The molecule has 4 nitrogen and oxygen atoms in total. The maximum Gasteiger partial charge on any atom is 0.349 e. The smallest absolute Gasteiger partial charge is 0.349 e. The number of halogens is 1. The van der Waals surface area contributed by atoms with E-state index in [2.05, 4.69) is 5.32 Å². The zero-order valence-corrected chi connectivity index (χ0v) is 11.7. The van der Waals surface area contributed by atoms with Crippen molar-refractivity contribution in [2.45, 2.75) is 26.3 Å². The van der Waals surface area contributed by atoms with E-state index in [4.69, 9.17) is 16.0 Å². The van der Waals surface area contributed by atoms with Crippen LogP contribution in [0.4, 0.5) is 0 Å². The van der Waals surface area contributed by atoms with Crippen LogP contribution >= 0.6 is 11.6 Å². The van der Waals surface area contributed by atoms with E-state index in [0.717, 1.165) is 0 Å². The highest BCUT2D eigenvalue weighted by atomic mass is 35.5. The van der Waals surface area contributed by atoms with Crippen LogP contribution in [0.3, 0.4) is 0 Å². The molecule has 1 aromatic heterocycles. The molecule has 0 spiro atoms. The van der Waals surface area contributed by atoms with Gasteiger partial charge in [-0.2, -0.15) is 0 Å². The molecule has 0 unspecified atom stereocenters. The Morgan fingerprint density at radius 1 is 1.32 bits per heavy atom. The quantitative estimate of drug-likeness (QED) is 0.817. The normalized spacial score (nSPS) is 11.6. The molecule has 1 N–H and O–H groups in total. The summed E-state index contributed by atoms with van der Waals surface area (Å²) in [5.41, 5.74) is -0.846. The summed E-state index contributed by atoms with van der Waals surface area (Å²) < 4.78 is 5.11. The number of hydrogen-bond donors (Lipinski definition) is 1. The Balaban J connectivity index is 2.54. The molecule has 0 aliphatic rings. The maximum atomic E-state index is 12.0. The Labute approximate surface area is 115 Å². The number of rotatable bonds is 1. The van der Waals surface area contributed by atoms with Gasteiger partial charge in [-0.3, -0.25) is 4.79 Å². The van der Waals surface area contributed by atoms with Gasteiger partial charge in [0.1, 0.15) is 5.56 Å². The van der Waals surface area contributed by atoms with E-state index in [1.54, 1.807) is 18.2 Å². The summed E-state index contributed by atoms with van der Waals surface area (Å²) in [7, 11) is 0. The van der Waals surface area contributed by atoms with Crippen molar-refractivity contribution in [1.82, 2.24) is 5.32 Å². The van der Waals surface area contributed by atoms with Gasteiger partial charge < -0.3 is 9.73 Å². The Morgan fingerprint density at radius 3 is 2.63 bits per heavy atom. The maximum absolute atomic E-state index is 12.0. The number of para-hydroxylation sites is 1. The number of hydrogen-bond acceptors (Lipinski definition) is 3. The standard InChI is InChI=1S/C14H14ClNO3/c1-14(2,3)16-12(17)9-7-8-5-4-6-10(15)11(8)19-13(9)18/h4-7H,1-3H3,(H,16,17). The van der Waals surface area contributed by atoms with Gasteiger partial charge in [0.25, 0.3) is 5.91 Å². The predicted octanol–water partition coefficient (Wildman–Crippen LogP) is 2.97. The van der Waals surface area contributed by atoms with Crippen LogP contribution in [0, 0.1) is 0 Å². The molecule has 2 rings (SSSR count). The van der Waals surface area contributed by atoms with Gasteiger partial charge in [-0.15, -0.1) is 0 Å². The van der Waals surface area contributed by atoms with E-state index in [1.807, 2.05) is 20.8 Å². The summed E-state index contributed by atoms with van der Waals surface area (Å²) in [6, 6.07) is 6.59. The minimum Gasteiger partial charge on any atom is -0.421 e. The van der Waals surface area contributed by atoms with Gasteiger partial charge >= 0.3 is 5.63 Å². The second kappa shape index (κ2) is 4.70. The summed E-state index contributed by atoms with van der Waals surface area (Å²) in [4.78, 5) is 23.8. The van der Waals surface area contributed by atoms with E-state index >= 15 is 0 Å². The topological polar surface area (TPSA) is 59.3 Å². The summed E-state index contributed by atoms with van der Waals surface area (Å²) in [5, 5.41) is 3.69. The molecule has 0 saturated carbocycles. The number of fused-ring (bicyclic) bond motifs is 1. The Bertz CT molecular complexity index is 698. The van der Waals surface area contributed by atoms with Gasteiger partial charge in [-0.05, 0) is 32.9 Å². The zero-order chi connectivity index (χ0) is 14.2. The Kier molecular flexibility index (Phi) is 3.37. The van der Waals surface area contributed by atoms with Gasteiger partial charge in [0.05, 0.1) is 5.02 Å². The van der Waals surface area contributed by atoms with Crippen LogP contribution in [0.1, 0.15) is 31.1 Å². The van der Waals surface area contributed by atoms with Gasteiger partial charge in [0.2, 0.25) is 0 Å². The fraction of sp³-hybridized carbons (Fsp3) is 0.286. The molecule has 100 valence electrons. The van der Waals surface area contributed by atoms with Crippen molar-refractivity contribution in [3.63, 3.8) is 0 Å². The van der Waals surface area contributed by atoms with E-state index in [-0.39, 0.29) is 5.56 Å². The average molecular weight is 280 g/mol. The third-order valence-electron chi connectivity index (χ3n) is 2.45. The van der Waals surface area contributed by atoms with Crippen LogP contribution in [0.2, 0.25) is 5.02 Å². The number of amides is 1. The van der Waals surface area contributed by atoms with Gasteiger partial charge in [-0.1, -0.05) is 23.7 Å². The minimum absolute atomic E-state index is 0.0234. The summed E-state index contributed by atoms with van der Waals surface area (Å²) in [6.45, 7) is 5.51. The van der Waals surface area contributed by atoms with Crippen molar-refractivity contribution in [2.75, 3.05) is 0 Å². The van der Waals surface area contributed by atoms with E-state index in [1.165, 1.54) is 6.07 Å². The monoisotopic (exact) mass is 279 g/mol. The first kappa shape index (κ1) is 13.6. The highest BCUT2D eigenvalue weighted by Crippen LogP contribution is 2.22. The third kappa shape index (κ3) is 2.96. The van der Waals surface area contributed by atoms with Crippen molar-refractivity contribution in [3.05, 3.63) is 45.3 Å². The highest BCUT2D eigenvalue weighted by Gasteiger charge is 2.19. The van der Waals surface area contributed by atoms with Crippen LogP contribution in [0.5, 0.6) is 0 Å². The molecule has 0 aliphatic carbocycles. The lowest BCUT2D eigenvalue weighted by Crippen LogP contribution is -2.42. The zero-order valence-electron chi connectivity index (χ0n) is 10.9. The van der Waals surface area contributed by atoms with Gasteiger partial charge in [-0.25, -0.2) is 4.79 Å². The van der Waals surface area contributed by atoms with Crippen molar-refractivity contribution < 1.29 is 9.21 Å². The lowest BCUT2D eigenvalue weighted by Gasteiger charge is -2.20. The largest absolute Gasteiger partial charge is 0.421 e. The van der Waals surface area contributed by atoms with Crippen molar-refractivity contribution in [1.29, 1.82) is 0 Å². The molecular weight excluding hydrogens is 266 g/mol. The second-order valence-corrected chi connectivity index (χ2v) is 5.72. The van der Waals surface area contributed by atoms with Crippen LogP contribution < -0.4 is 10.9 Å². The molecule has 0 atom stereocenters. The average Bonchev–Trinajstić information content (AvgIpc) is 2.27. The summed E-state index contributed by atoms with van der Waals surface area (Å²) in [6.07, 6.45) is 0. The molecule has 0 saturated heterocycles. The first-order valence-corrected chi connectivity index (χ1v) is 6.20. The molecule has 19 heavy (non-hydrogen) atoms. The molecule has 0 fully saturated rings. The van der Waals surface area contributed by atoms with Crippen LogP contribution in [-0.4, -0.2) is 11.4 Å². The van der Waals surface area contributed by atoms with Crippen molar-refractivity contribution in [3.8, 4) is 0 Å². The number of benzene rings is 1. The van der Waals surface area contributed by atoms with Crippen LogP contribution in [-0.2, 0) is 0 Å². The van der Waals surface area contributed by atoms with E-state index in [0.29, 0.717) is 16.0 Å². The second-order valence-electron chi connectivity index (χ2n) is 5.31. The predicted molar refractivity (Wildman–Crippen MR) is 74.7 cm³/mol. The van der Waals surface area contributed by atoms with Gasteiger partial charge in [0.15, 0.2) is 5.58 Å². The molecule has 1 aromatic carbocycles. The minimum atomic E-state index is -0.692. The molecule has 0 bridgehead atoms. The molecular formula is C14H14ClNO3. The molecule has 1 amide bonds. The highest BCUT2D eigenvalue weighted by molar-refractivity contribution is 6.34. The molecule has 1 heterocycles. The molecule has 5 heteroatoms. The Morgan fingerprint density at radius 2 is 2.00 bits per heavy atom. The fourth-order valence-corrected chi connectivity index (χ4v) is 1.90. The lowest BCUT2D eigenvalue weighted by atomic mass is 10.1. The van der Waals surface area contributed by atoms with Crippen molar-refractivity contribution in [2.24, 2.45) is 0 Å². The molecule has 0 aliphatic heterocycles. The van der Waals surface area contributed by atoms with Crippen LogP contribution in [0.25, 0.3) is 11.0 Å². The third-order valence-corrected chi connectivity index (χ3v) is 2.74. The van der Waals surface area contributed by atoms with Crippen molar-refractivity contribution >= 4 is 28.5 Å². The van der Waals surface area contributed by atoms with E-state index in [9.17, 15) is 9.59 Å². The van der Waals surface area contributed by atoms with Gasteiger partial charge in [0, 0.05) is 10.9 Å². The van der Waals surface area contributed by atoms with Crippen LogP contribution in [0.15, 0.2) is 33.5 Å². The molecule has 0 radical (unpaired) electrons. The molecule has 2 aromatic rings. The SMILES string of the molecule is CC(C)(C)NC(=O)c1cc2cccc(Cl)c2oc1=O. The van der Waals surface area contributed by atoms with E-state index < -0.39 is 17.1 Å². The number of carbonyl (C=O) groups excluding carboxylic acids is 1. The number of carbonyl (C=O) groups is 1. The first-order chi connectivity index (χ1) is 8.78. The summed E-state index contributed by atoms with van der Waals surface area (Å²) >= 11 is 5.93. The summed E-state index contributed by atoms with van der Waals surface area (Å²) in [5.74, 6) is -0.455. The lowest BCUT2D eigenvalue weighted by molar-refractivity contribution is 0.0916.